The monoisotopic (exact) mass is 437 g/mol. The van der Waals surface area contributed by atoms with Crippen LogP contribution in [0.4, 0.5) is 17.2 Å². The summed E-state index contributed by atoms with van der Waals surface area (Å²) in [7, 11) is 0. The van der Waals surface area contributed by atoms with Gasteiger partial charge in [-0.25, -0.2) is 10.3 Å². The van der Waals surface area contributed by atoms with Crippen LogP contribution in [0, 0.1) is 11.3 Å². The summed E-state index contributed by atoms with van der Waals surface area (Å²) in [6.45, 7) is 0. The van der Waals surface area contributed by atoms with Crippen LogP contribution in [-0.2, 0) is 4.74 Å². The average molecular weight is 438 g/mol. The van der Waals surface area contributed by atoms with E-state index in [9.17, 15) is 5.26 Å². The third kappa shape index (κ3) is 2.62. The molecule has 0 amide bonds. The van der Waals surface area contributed by atoms with Crippen LogP contribution in [0.2, 0.25) is 0 Å². The number of para-hydroxylation sites is 2. The van der Waals surface area contributed by atoms with E-state index in [0.29, 0.717) is 17.0 Å². The molecule has 1 aromatic heterocycles. The Bertz CT molecular complexity index is 1380. The number of hydrogen-bond acceptors (Lipinski definition) is 7. The van der Waals surface area contributed by atoms with Crippen LogP contribution in [0.1, 0.15) is 5.56 Å². The molecule has 7 nitrogen and oxygen atoms in total. The molecule has 32 heavy (non-hydrogen) atoms. The Kier molecular flexibility index (Phi) is 4.00. The number of ether oxygens (including phenoxy) is 1. The highest BCUT2D eigenvalue weighted by Crippen LogP contribution is 2.50. The van der Waals surface area contributed by atoms with E-state index in [1.807, 2.05) is 83.0 Å². The molecule has 0 saturated heterocycles. The number of anilines is 2. The van der Waals surface area contributed by atoms with E-state index in [1.54, 1.807) is 0 Å². The van der Waals surface area contributed by atoms with Crippen LogP contribution < -0.4 is 20.3 Å². The molecule has 0 aliphatic carbocycles. The average Bonchev–Trinajstić information content (AvgIpc) is 3.10. The lowest BCUT2D eigenvalue weighted by Crippen LogP contribution is -2.46. The van der Waals surface area contributed by atoms with E-state index in [2.05, 4.69) is 16.7 Å². The molecule has 0 saturated carbocycles. The van der Waals surface area contributed by atoms with Gasteiger partial charge in [0.1, 0.15) is 29.8 Å². The molecule has 4 heterocycles. The zero-order chi connectivity index (χ0) is 21.7. The zero-order valence-electron chi connectivity index (χ0n) is 16.7. The van der Waals surface area contributed by atoms with Gasteiger partial charge in [-0.2, -0.15) is 9.23 Å². The summed E-state index contributed by atoms with van der Waals surface area (Å²) in [5, 5.41) is 17.2. The summed E-state index contributed by atoms with van der Waals surface area (Å²) in [5.41, 5.74) is 10.6. The van der Waals surface area contributed by atoms with Crippen molar-refractivity contribution in [1.82, 2.24) is 0 Å². The summed E-state index contributed by atoms with van der Waals surface area (Å²) >= 11 is 1.45. The molecule has 3 aromatic rings. The van der Waals surface area contributed by atoms with E-state index in [4.69, 9.17) is 15.5 Å². The number of hydrogen-bond donors (Lipinski definition) is 3. The van der Waals surface area contributed by atoms with Gasteiger partial charge in [-0.05, 0) is 23.8 Å². The first kappa shape index (κ1) is 18.5. The number of fused-ring (bicyclic) bond motifs is 4. The summed E-state index contributed by atoms with van der Waals surface area (Å²) in [6, 6.07) is 25.8. The first-order chi connectivity index (χ1) is 15.7. The standard InChI is InChI=1S/C24H16N6OS/c25-14-16-22(26)31-23-20(24(16)29-19-12-6-7-13-30(19)32-24)21(15-8-2-1-3-9-15)27-17-10-4-5-11-18(17)28-23/h1-13H,26H2,(H,27,28)/p+1/t24-/m0/s1. The van der Waals surface area contributed by atoms with Crippen molar-refractivity contribution in [3.63, 3.8) is 0 Å². The molecular formula is C24H17N6OS+. The van der Waals surface area contributed by atoms with Crippen molar-refractivity contribution in [1.29, 1.82) is 5.26 Å². The minimum absolute atomic E-state index is 0.0372. The van der Waals surface area contributed by atoms with Gasteiger partial charge in [-0.3, -0.25) is 0 Å². The molecule has 3 aliphatic heterocycles. The smallest absolute Gasteiger partial charge is 0.288 e. The summed E-state index contributed by atoms with van der Waals surface area (Å²) in [6.07, 6.45) is 1.95. The maximum Gasteiger partial charge on any atom is 0.288 e. The van der Waals surface area contributed by atoms with E-state index in [-0.39, 0.29) is 5.88 Å². The number of nitrogens with one attached hydrogen (secondary N) is 2. The third-order valence-electron chi connectivity index (χ3n) is 5.54. The molecule has 0 unspecified atom stereocenters. The lowest BCUT2D eigenvalue weighted by molar-refractivity contribution is -0.473. The van der Waals surface area contributed by atoms with Crippen molar-refractivity contribution in [3.8, 4) is 6.07 Å². The minimum Gasteiger partial charge on any atom is -0.421 e. The Morgan fingerprint density at radius 1 is 1.03 bits per heavy atom. The van der Waals surface area contributed by atoms with Crippen molar-refractivity contribution in [2.24, 2.45) is 10.7 Å². The number of nitrogens with two attached hydrogens (primary N) is 1. The second-order valence-electron chi connectivity index (χ2n) is 7.44. The van der Waals surface area contributed by atoms with E-state index < -0.39 is 4.87 Å². The molecule has 2 aromatic carbocycles. The number of benzene rings is 2. The predicted octanol–water partition coefficient (Wildman–Crippen LogP) is 3.88. The highest BCUT2D eigenvalue weighted by Gasteiger charge is 2.60. The first-order valence-corrected chi connectivity index (χ1v) is 10.8. The summed E-state index contributed by atoms with van der Waals surface area (Å²) in [4.78, 5) is 3.80. The van der Waals surface area contributed by atoms with Crippen LogP contribution >= 0.6 is 11.9 Å². The van der Waals surface area contributed by atoms with Crippen molar-refractivity contribution in [2.75, 3.05) is 10.6 Å². The van der Waals surface area contributed by atoms with Crippen LogP contribution in [0.5, 0.6) is 0 Å². The van der Waals surface area contributed by atoms with Gasteiger partial charge < -0.3 is 15.8 Å². The van der Waals surface area contributed by atoms with Crippen molar-refractivity contribution >= 4 is 40.7 Å². The Morgan fingerprint density at radius 2 is 1.81 bits per heavy atom. The molecule has 154 valence electrons. The van der Waals surface area contributed by atoms with Gasteiger partial charge in [0, 0.05) is 6.07 Å². The SMILES string of the molecule is N#CC1=C(N)OC2=Nc3ccccc3NC(c3ccccc3)=C2[C@]12Nc1cccc[n+]1S2. The fourth-order valence-corrected chi connectivity index (χ4v) is 5.43. The van der Waals surface area contributed by atoms with Gasteiger partial charge in [0.25, 0.3) is 10.7 Å². The van der Waals surface area contributed by atoms with Crippen LogP contribution in [0.3, 0.4) is 0 Å². The van der Waals surface area contributed by atoms with Crippen molar-refractivity contribution in [3.05, 3.63) is 102 Å². The van der Waals surface area contributed by atoms with Gasteiger partial charge in [-0.1, -0.05) is 48.5 Å². The van der Waals surface area contributed by atoms with E-state index in [0.717, 1.165) is 28.5 Å². The number of rotatable bonds is 1. The second-order valence-corrected chi connectivity index (χ2v) is 8.63. The van der Waals surface area contributed by atoms with Gasteiger partial charge >= 0.3 is 0 Å². The second kappa shape index (κ2) is 6.90. The quantitative estimate of drug-likeness (QED) is 0.500. The van der Waals surface area contributed by atoms with Gasteiger partial charge in [0.15, 0.2) is 5.57 Å². The van der Waals surface area contributed by atoms with E-state index in [1.165, 1.54) is 11.9 Å². The largest absolute Gasteiger partial charge is 0.421 e. The number of pyridine rings is 1. The Balaban J connectivity index is 1.70. The third-order valence-corrected chi connectivity index (χ3v) is 6.84. The number of nitriles is 1. The number of aliphatic imine (C=N–C) groups is 1. The minimum atomic E-state index is -1.02. The van der Waals surface area contributed by atoms with Crippen LogP contribution in [-0.4, -0.2) is 10.8 Å². The topological polar surface area (TPSA) is 99.3 Å². The Hall–Kier alpha value is -4.22. The molecule has 0 bridgehead atoms. The first-order valence-electron chi connectivity index (χ1n) is 10.0. The highest BCUT2D eigenvalue weighted by atomic mass is 32.2. The fourth-order valence-electron chi connectivity index (χ4n) is 4.13. The normalized spacial score (nSPS) is 20.7. The fraction of sp³-hybridized carbons (Fsp3) is 0.0417. The molecule has 1 atom stereocenters. The molecule has 0 fully saturated rings. The molecule has 1 spiro atoms. The summed E-state index contributed by atoms with van der Waals surface area (Å²) < 4.78 is 7.98. The molecular weight excluding hydrogens is 420 g/mol. The van der Waals surface area contributed by atoms with Crippen LogP contribution in [0.25, 0.3) is 5.70 Å². The van der Waals surface area contributed by atoms with Crippen molar-refractivity contribution in [2.45, 2.75) is 4.87 Å². The highest BCUT2D eigenvalue weighted by molar-refractivity contribution is 7.95. The lowest BCUT2D eigenvalue weighted by atomic mass is 9.91. The Labute approximate surface area is 188 Å². The van der Waals surface area contributed by atoms with Gasteiger partial charge in [-0.15, -0.1) is 0 Å². The maximum absolute atomic E-state index is 10.1. The summed E-state index contributed by atoms with van der Waals surface area (Å²) in [5.74, 6) is 1.24. The number of aromatic nitrogens is 1. The molecule has 4 N–H and O–H groups in total. The number of nitrogens with zero attached hydrogens (tertiary/aromatic N) is 3. The maximum atomic E-state index is 10.1. The molecule has 8 heteroatoms. The molecule has 3 aliphatic rings. The lowest BCUT2D eigenvalue weighted by Gasteiger charge is -2.31. The predicted molar refractivity (Wildman–Crippen MR) is 124 cm³/mol. The van der Waals surface area contributed by atoms with E-state index >= 15 is 0 Å². The van der Waals surface area contributed by atoms with Crippen molar-refractivity contribution < 1.29 is 8.71 Å². The molecule has 0 radical (unpaired) electrons. The van der Waals surface area contributed by atoms with Crippen LogP contribution in [0.15, 0.2) is 101 Å². The molecule has 6 rings (SSSR count). The van der Waals surface area contributed by atoms with Gasteiger partial charge in [0.2, 0.25) is 11.8 Å². The Morgan fingerprint density at radius 3 is 2.62 bits per heavy atom. The van der Waals surface area contributed by atoms with Gasteiger partial charge in [0.05, 0.1) is 17.1 Å². The zero-order valence-corrected chi connectivity index (χ0v) is 17.6.